The molecule has 3 aliphatic carbocycles. The van der Waals surface area contributed by atoms with E-state index in [2.05, 4.69) is 39.8 Å². The number of fused-ring (bicyclic) bond motifs is 3. The van der Waals surface area contributed by atoms with E-state index in [1.54, 1.807) is 11.1 Å². The summed E-state index contributed by atoms with van der Waals surface area (Å²) in [7, 11) is 0. The summed E-state index contributed by atoms with van der Waals surface area (Å²) in [4.78, 5) is 11.7. The van der Waals surface area contributed by atoms with Crippen molar-refractivity contribution >= 4 is 6.29 Å². The largest absolute Gasteiger partial charge is 0.303 e. The average molecular weight is 286 g/mol. The number of carbonyl (C=O) groups is 1. The normalized spacial score (nSPS) is 42.7. The number of aldehydes is 1. The van der Waals surface area contributed by atoms with Crippen LogP contribution in [0.5, 0.6) is 0 Å². The van der Waals surface area contributed by atoms with Gasteiger partial charge >= 0.3 is 0 Å². The van der Waals surface area contributed by atoms with Crippen molar-refractivity contribution in [3.8, 4) is 0 Å². The first-order chi connectivity index (χ1) is 9.90. The molecule has 0 amide bonds. The van der Waals surface area contributed by atoms with Crippen LogP contribution in [-0.4, -0.2) is 6.29 Å². The molecular formula is C20H30O. The monoisotopic (exact) mass is 286 g/mol. The summed E-state index contributed by atoms with van der Waals surface area (Å²) in [5.41, 5.74) is 3.43. The maximum Gasteiger partial charge on any atom is 0.126 e. The third-order valence-corrected chi connectivity index (χ3v) is 6.90. The summed E-state index contributed by atoms with van der Waals surface area (Å²) in [6, 6.07) is 0. The second kappa shape index (κ2) is 5.11. The highest BCUT2D eigenvalue weighted by atomic mass is 16.1. The fraction of sp³-hybridized carbons (Fsp3) is 0.750. The van der Waals surface area contributed by atoms with E-state index in [4.69, 9.17) is 0 Å². The van der Waals surface area contributed by atoms with E-state index in [1.807, 2.05) is 0 Å². The van der Waals surface area contributed by atoms with Gasteiger partial charge in [0.2, 0.25) is 0 Å². The summed E-state index contributed by atoms with van der Waals surface area (Å²) in [5.74, 6) is 1.89. The Morgan fingerprint density at radius 1 is 1.29 bits per heavy atom. The van der Waals surface area contributed by atoms with Crippen molar-refractivity contribution in [1.82, 2.24) is 0 Å². The van der Waals surface area contributed by atoms with Crippen LogP contribution in [0, 0.1) is 28.6 Å². The van der Waals surface area contributed by atoms with Crippen molar-refractivity contribution in [1.29, 1.82) is 0 Å². The molecule has 0 saturated heterocycles. The molecule has 0 aromatic carbocycles. The van der Waals surface area contributed by atoms with E-state index < -0.39 is 0 Å². The van der Waals surface area contributed by atoms with Crippen molar-refractivity contribution in [2.45, 2.75) is 66.2 Å². The average Bonchev–Trinajstić information content (AvgIpc) is 2.46. The smallest absolute Gasteiger partial charge is 0.126 e. The minimum atomic E-state index is -0.100. The topological polar surface area (TPSA) is 17.1 Å². The quantitative estimate of drug-likeness (QED) is 0.628. The molecule has 0 aromatic heterocycles. The third kappa shape index (κ3) is 2.24. The molecule has 116 valence electrons. The zero-order valence-corrected chi connectivity index (χ0v) is 14.1. The Labute approximate surface area is 129 Å². The lowest BCUT2D eigenvalue weighted by Crippen LogP contribution is -2.50. The molecule has 3 aliphatic rings. The molecule has 1 saturated carbocycles. The summed E-state index contributed by atoms with van der Waals surface area (Å²) >= 11 is 0. The van der Waals surface area contributed by atoms with E-state index in [0.717, 1.165) is 12.8 Å². The van der Waals surface area contributed by atoms with Gasteiger partial charge in [-0.3, -0.25) is 0 Å². The molecule has 0 radical (unpaired) electrons. The fourth-order valence-corrected chi connectivity index (χ4v) is 5.53. The molecule has 1 nitrogen and oxygen atoms in total. The second-order valence-electron chi connectivity index (χ2n) is 8.44. The van der Waals surface area contributed by atoms with Crippen molar-refractivity contribution in [2.24, 2.45) is 28.6 Å². The van der Waals surface area contributed by atoms with Gasteiger partial charge in [-0.25, -0.2) is 0 Å². The Balaban J connectivity index is 1.99. The van der Waals surface area contributed by atoms with Crippen LogP contribution in [0.25, 0.3) is 0 Å². The first-order valence-corrected chi connectivity index (χ1v) is 8.77. The van der Waals surface area contributed by atoms with Crippen LogP contribution in [0.2, 0.25) is 0 Å². The van der Waals surface area contributed by atoms with Gasteiger partial charge < -0.3 is 4.79 Å². The van der Waals surface area contributed by atoms with E-state index in [1.165, 1.54) is 32.0 Å². The lowest BCUT2D eigenvalue weighted by atomic mass is 9.47. The Hall–Kier alpha value is -0.850. The van der Waals surface area contributed by atoms with Gasteiger partial charge in [-0.2, -0.15) is 0 Å². The molecule has 0 unspecified atom stereocenters. The second-order valence-corrected chi connectivity index (χ2v) is 8.44. The molecule has 0 bridgehead atoms. The van der Waals surface area contributed by atoms with E-state index in [9.17, 15) is 4.79 Å². The first-order valence-electron chi connectivity index (χ1n) is 8.77. The van der Waals surface area contributed by atoms with Gasteiger partial charge in [0.25, 0.3) is 0 Å². The molecule has 3 rings (SSSR count). The van der Waals surface area contributed by atoms with Crippen LogP contribution < -0.4 is 0 Å². The standard InChI is InChI=1S/C20H30O/c1-14(2)15-6-8-17-16(12-15)7-9-18-19(3,13-21)10-5-11-20(17,18)4/h7,12-14,17-18H,5-6,8-11H2,1-4H3/t17-,18-,19-,20-/m1/s1. The van der Waals surface area contributed by atoms with Gasteiger partial charge in [-0.05, 0) is 60.8 Å². The molecule has 1 heteroatoms. The minimum Gasteiger partial charge on any atom is -0.303 e. The summed E-state index contributed by atoms with van der Waals surface area (Å²) < 4.78 is 0. The maximum atomic E-state index is 11.7. The van der Waals surface area contributed by atoms with Gasteiger partial charge in [0.15, 0.2) is 0 Å². The van der Waals surface area contributed by atoms with Crippen molar-refractivity contribution in [2.75, 3.05) is 0 Å². The van der Waals surface area contributed by atoms with Gasteiger partial charge in [0, 0.05) is 5.41 Å². The van der Waals surface area contributed by atoms with Crippen LogP contribution in [0.3, 0.4) is 0 Å². The van der Waals surface area contributed by atoms with Gasteiger partial charge in [-0.15, -0.1) is 0 Å². The van der Waals surface area contributed by atoms with Crippen LogP contribution in [0.4, 0.5) is 0 Å². The number of hydrogen-bond acceptors (Lipinski definition) is 1. The third-order valence-electron chi connectivity index (χ3n) is 6.90. The zero-order valence-electron chi connectivity index (χ0n) is 14.1. The number of rotatable bonds is 2. The molecule has 0 aromatic rings. The van der Waals surface area contributed by atoms with Crippen molar-refractivity contribution in [3.63, 3.8) is 0 Å². The highest BCUT2D eigenvalue weighted by molar-refractivity contribution is 5.60. The van der Waals surface area contributed by atoms with Crippen molar-refractivity contribution < 1.29 is 4.79 Å². The van der Waals surface area contributed by atoms with E-state index in [-0.39, 0.29) is 5.41 Å². The van der Waals surface area contributed by atoms with Crippen LogP contribution >= 0.6 is 0 Å². The van der Waals surface area contributed by atoms with Crippen LogP contribution in [0.1, 0.15) is 66.2 Å². The van der Waals surface area contributed by atoms with E-state index >= 15 is 0 Å². The van der Waals surface area contributed by atoms with Crippen LogP contribution in [0.15, 0.2) is 23.3 Å². The molecule has 1 fully saturated rings. The minimum absolute atomic E-state index is 0.100. The first kappa shape index (κ1) is 15.1. The SMILES string of the molecule is CC(C)C1=CC2=CC[C@H]3[C@](C)(CCC[C@]3(C)C=O)[C@@H]2CC1. The molecule has 21 heavy (non-hydrogen) atoms. The lowest BCUT2D eigenvalue weighted by Gasteiger charge is -2.57. The highest BCUT2D eigenvalue weighted by Crippen LogP contribution is 2.61. The highest BCUT2D eigenvalue weighted by Gasteiger charge is 2.54. The Morgan fingerprint density at radius 3 is 2.71 bits per heavy atom. The predicted octanol–water partition coefficient (Wildman–Crippen LogP) is 5.32. The van der Waals surface area contributed by atoms with Crippen LogP contribution in [-0.2, 0) is 4.79 Å². The molecule has 0 heterocycles. The number of carbonyl (C=O) groups excluding carboxylic acids is 1. The predicted molar refractivity (Wildman–Crippen MR) is 88.0 cm³/mol. The summed E-state index contributed by atoms with van der Waals surface area (Å²) in [6.07, 6.45) is 13.5. The summed E-state index contributed by atoms with van der Waals surface area (Å²) in [6.45, 7) is 9.30. The molecule has 0 aliphatic heterocycles. The molecule has 0 N–H and O–H groups in total. The summed E-state index contributed by atoms with van der Waals surface area (Å²) in [5, 5.41) is 0. The molecule has 0 spiro atoms. The van der Waals surface area contributed by atoms with Crippen molar-refractivity contribution in [3.05, 3.63) is 23.3 Å². The van der Waals surface area contributed by atoms with Gasteiger partial charge in [-0.1, -0.05) is 51.8 Å². The maximum absolute atomic E-state index is 11.7. The van der Waals surface area contributed by atoms with Gasteiger partial charge in [0.05, 0.1) is 0 Å². The molecule has 4 atom stereocenters. The lowest BCUT2D eigenvalue weighted by molar-refractivity contribution is -0.128. The Morgan fingerprint density at radius 2 is 2.05 bits per heavy atom. The van der Waals surface area contributed by atoms with Gasteiger partial charge in [0.1, 0.15) is 6.29 Å². The Bertz CT molecular complexity index is 498. The fourth-order valence-electron chi connectivity index (χ4n) is 5.53. The zero-order chi connectivity index (χ0) is 15.3. The number of allylic oxidation sites excluding steroid dienone is 4. The number of hydrogen-bond donors (Lipinski definition) is 0. The van der Waals surface area contributed by atoms with E-state index in [0.29, 0.717) is 23.2 Å². The molecular weight excluding hydrogens is 256 g/mol. The Kier molecular flexibility index (Phi) is 3.66.